The fraction of sp³-hybridized carbons (Fsp3) is 0.684. The van der Waals surface area contributed by atoms with Gasteiger partial charge >= 0.3 is 0 Å². The van der Waals surface area contributed by atoms with E-state index in [1.165, 1.54) is 41.6 Å². The van der Waals surface area contributed by atoms with Crippen LogP contribution in [0, 0.1) is 20.8 Å². The third kappa shape index (κ3) is 5.44. The highest BCUT2D eigenvalue weighted by Crippen LogP contribution is 2.24. The number of rotatable bonds is 9. The molecule has 2 nitrogen and oxygen atoms in total. The van der Waals surface area contributed by atoms with Crippen molar-refractivity contribution in [2.75, 3.05) is 26.2 Å². The molecule has 1 aromatic carbocycles. The summed E-state index contributed by atoms with van der Waals surface area (Å²) >= 11 is 0. The minimum absolute atomic E-state index is 0.442. The van der Waals surface area contributed by atoms with Gasteiger partial charge in [0.15, 0.2) is 0 Å². The van der Waals surface area contributed by atoms with Crippen LogP contribution in [0.25, 0.3) is 0 Å². The molecular formula is C19H34N2. The Kier molecular flexibility index (Phi) is 7.98. The molecule has 1 aromatic rings. The molecule has 0 spiro atoms. The van der Waals surface area contributed by atoms with Crippen molar-refractivity contribution in [3.8, 4) is 0 Å². The molecule has 0 aliphatic heterocycles. The lowest BCUT2D eigenvalue weighted by Crippen LogP contribution is -2.36. The zero-order valence-electron chi connectivity index (χ0n) is 14.9. The quantitative estimate of drug-likeness (QED) is 0.726. The fourth-order valence-corrected chi connectivity index (χ4v) is 3.27. The van der Waals surface area contributed by atoms with Crippen molar-refractivity contribution in [3.05, 3.63) is 34.4 Å². The fourth-order valence-electron chi connectivity index (χ4n) is 3.27. The lowest BCUT2D eigenvalue weighted by Gasteiger charge is -2.29. The summed E-state index contributed by atoms with van der Waals surface area (Å²) in [6.07, 6.45) is 2.40. The van der Waals surface area contributed by atoms with E-state index in [0.29, 0.717) is 6.04 Å². The molecule has 1 atom stereocenters. The van der Waals surface area contributed by atoms with E-state index in [9.17, 15) is 0 Å². The van der Waals surface area contributed by atoms with Gasteiger partial charge < -0.3 is 10.2 Å². The minimum Gasteiger partial charge on any atom is -0.309 e. The first-order chi connectivity index (χ1) is 10.0. The van der Waals surface area contributed by atoms with Crippen LogP contribution in [0.4, 0.5) is 0 Å². The average Bonchev–Trinajstić information content (AvgIpc) is 2.42. The van der Waals surface area contributed by atoms with Crippen LogP contribution in [-0.2, 0) is 0 Å². The van der Waals surface area contributed by atoms with Crippen LogP contribution in [-0.4, -0.2) is 31.1 Å². The van der Waals surface area contributed by atoms with Gasteiger partial charge in [-0.25, -0.2) is 0 Å². The first-order valence-electron chi connectivity index (χ1n) is 8.56. The molecule has 0 amide bonds. The van der Waals surface area contributed by atoms with Gasteiger partial charge in [-0.1, -0.05) is 38.5 Å². The SMILES string of the molecule is CCCNC(CN(CC)CCC)c1c(C)cc(C)cc1C. The Morgan fingerprint density at radius 1 is 1.00 bits per heavy atom. The van der Waals surface area contributed by atoms with Crippen LogP contribution in [0.2, 0.25) is 0 Å². The van der Waals surface area contributed by atoms with E-state index < -0.39 is 0 Å². The highest BCUT2D eigenvalue weighted by atomic mass is 15.1. The third-order valence-corrected chi connectivity index (χ3v) is 4.16. The van der Waals surface area contributed by atoms with Crippen molar-refractivity contribution in [2.45, 2.75) is 60.4 Å². The first-order valence-corrected chi connectivity index (χ1v) is 8.56. The number of nitrogens with zero attached hydrogens (tertiary/aromatic N) is 1. The van der Waals surface area contributed by atoms with Crippen molar-refractivity contribution in [3.63, 3.8) is 0 Å². The molecule has 0 aromatic heterocycles. The van der Waals surface area contributed by atoms with E-state index in [1.54, 1.807) is 0 Å². The topological polar surface area (TPSA) is 15.3 Å². The Bertz CT molecular complexity index is 403. The molecule has 0 bridgehead atoms. The van der Waals surface area contributed by atoms with Crippen molar-refractivity contribution in [1.29, 1.82) is 0 Å². The lowest BCUT2D eigenvalue weighted by molar-refractivity contribution is 0.253. The molecule has 1 rings (SSSR count). The van der Waals surface area contributed by atoms with Crippen LogP contribution < -0.4 is 5.32 Å². The predicted octanol–water partition coefficient (Wildman–Crippen LogP) is 4.38. The van der Waals surface area contributed by atoms with Gasteiger partial charge in [0, 0.05) is 12.6 Å². The van der Waals surface area contributed by atoms with E-state index >= 15 is 0 Å². The number of hydrogen-bond donors (Lipinski definition) is 1. The van der Waals surface area contributed by atoms with Gasteiger partial charge in [-0.3, -0.25) is 0 Å². The summed E-state index contributed by atoms with van der Waals surface area (Å²) in [7, 11) is 0. The van der Waals surface area contributed by atoms with Crippen LogP contribution >= 0.6 is 0 Å². The summed E-state index contributed by atoms with van der Waals surface area (Å²) in [6, 6.07) is 5.08. The maximum Gasteiger partial charge on any atom is 0.0454 e. The molecule has 120 valence electrons. The molecule has 21 heavy (non-hydrogen) atoms. The van der Waals surface area contributed by atoms with Crippen LogP contribution in [0.1, 0.15) is 61.9 Å². The number of likely N-dealkylation sites (N-methyl/N-ethyl adjacent to an activating group) is 1. The summed E-state index contributed by atoms with van der Waals surface area (Å²) in [5.41, 5.74) is 5.72. The maximum absolute atomic E-state index is 3.77. The summed E-state index contributed by atoms with van der Waals surface area (Å²) in [5.74, 6) is 0. The van der Waals surface area contributed by atoms with Crippen LogP contribution in [0.3, 0.4) is 0 Å². The van der Waals surface area contributed by atoms with Gasteiger partial charge in [-0.05, 0) is 69.9 Å². The molecule has 0 heterocycles. The summed E-state index contributed by atoms with van der Waals surface area (Å²) < 4.78 is 0. The molecular weight excluding hydrogens is 256 g/mol. The van der Waals surface area contributed by atoms with Crippen LogP contribution in [0.5, 0.6) is 0 Å². The Morgan fingerprint density at radius 3 is 2.10 bits per heavy atom. The highest BCUT2D eigenvalue weighted by Gasteiger charge is 2.18. The molecule has 0 aliphatic carbocycles. The number of hydrogen-bond acceptors (Lipinski definition) is 2. The molecule has 2 heteroatoms. The van der Waals surface area contributed by atoms with Crippen molar-refractivity contribution >= 4 is 0 Å². The number of benzene rings is 1. The van der Waals surface area contributed by atoms with E-state index in [1.807, 2.05) is 0 Å². The van der Waals surface area contributed by atoms with E-state index in [0.717, 1.165) is 19.6 Å². The summed E-state index contributed by atoms with van der Waals surface area (Å²) in [4.78, 5) is 2.56. The average molecular weight is 290 g/mol. The monoisotopic (exact) mass is 290 g/mol. The van der Waals surface area contributed by atoms with E-state index in [4.69, 9.17) is 0 Å². The zero-order valence-corrected chi connectivity index (χ0v) is 14.9. The lowest BCUT2D eigenvalue weighted by atomic mass is 9.93. The number of aryl methyl sites for hydroxylation is 3. The second-order valence-electron chi connectivity index (χ2n) is 6.21. The minimum atomic E-state index is 0.442. The van der Waals surface area contributed by atoms with Crippen LogP contribution in [0.15, 0.2) is 12.1 Å². The van der Waals surface area contributed by atoms with Crippen molar-refractivity contribution < 1.29 is 0 Å². The molecule has 0 saturated carbocycles. The largest absolute Gasteiger partial charge is 0.309 e. The van der Waals surface area contributed by atoms with Gasteiger partial charge in [0.25, 0.3) is 0 Å². The molecule has 0 fully saturated rings. The summed E-state index contributed by atoms with van der Waals surface area (Å²) in [6.45, 7) is 18.0. The standard InChI is InChI=1S/C19H34N2/c1-7-10-20-18(14-21(9-3)11-8-2)19-16(5)12-15(4)13-17(19)6/h12-13,18,20H,7-11,14H2,1-6H3. The smallest absolute Gasteiger partial charge is 0.0454 e. The molecule has 0 aliphatic rings. The Labute approximate surface area is 131 Å². The summed E-state index contributed by atoms with van der Waals surface area (Å²) in [5, 5.41) is 3.77. The second-order valence-corrected chi connectivity index (χ2v) is 6.21. The first kappa shape index (κ1) is 18.2. The highest BCUT2D eigenvalue weighted by molar-refractivity contribution is 5.39. The van der Waals surface area contributed by atoms with Gasteiger partial charge in [-0.15, -0.1) is 0 Å². The van der Waals surface area contributed by atoms with Gasteiger partial charge in [0.2, 0.25) is 0 Å². The molecule has 1 unspecified atom stereocenters. The van der Waals surface area contributed by atoms with Crippen molar-refractivity contribution in [1.82, 2.24) is 10.2 Å². The molecule has 0 radical (unpaired) electrons. The normalized spacial score (nSPS) is 12.9. The maximum atomic E-state index is 3.77. The Hall–Kier alpha value is -0.860. The third-order valence-electron chi connectivity index (χ3n) is 4.16. The van der Waals surface area contributed by atoms with Gasteiger partial charge in [0.1, 0.15) is 0 Å². The number of nitrogens with one attached hydrogen (secondary N) is 1. The Balaban J connectivity index is 3.01. The van der Waals surface area contributed by atoms with E-state index in [-0.39, 0.29) is 0 Å². The predicted molar refractivity (Wildman–Crippen MR) is 94.1 cm³/mol. The van der Waals surface area contributed by atoms with Crippen molar-refractivity contribution in [2.24, 2.45) is 0 Å². The van der Waals surface area contributed by atoms with Gasteiger partial charge in [-0.2, -0.15) is 0 Å². The van der Waals surface area contributed by atoms with E-state index in [2.05, 4.69) is 63.9 Å². The molecule has 1 N–H and O–H groups in total. The molecule has 0 saturated heterocycles. The Morgan fingerprint density at radius 2 is 1.62 bits per heavy atom. The zero-order chi connectivity index (χ0) is 15.8. The van der Waals surface area contributed by atoms with Gasteiger partial charge in [0.05, 0.1) is 0 Å². The second kappa shape index (κ2) is 9.22.